The van der Waals surface area contributed by atoms with Gasteiger partial charge in [0, 0.05) is 44.5 Å². The first-order valence-corrected chi connectivity index (χ1v) is 12.7. The van der Waals surface area contributed by atoms with E-state index in [-0.39, 0.29) is 0 Å². The Kier molecular flexibility index (Phi) is 10.2. The van der Waals surface area contributed by atoms with Gasteiger partial charge < -0.3 is 19.6 Å². The van der Waals surface area contributed by atoms with Crippen molar-refractivity contribution in [2.45, 2.75) is 31.3 Å². The van der Waals surface area contributed by atoms with E-state index in [0.29, 0.717) is 6.54 Å². The van der Waals surface area contributed by atoms with Crippen LogP contribution in [0.2, 0.25) is 0 Å². The molecule has 0 saturated heterocycles. The fourth-order valence-electron chi connectivity index (χ4n) is 4.00. The second-order valence-corrected chi connectivity index (χ2v) is 9.73. The van der Waals surface area contributed by atoms with Gasteiger partial charge in [0.15, 0.2) is 0 Å². The molecule has 0 amide bonds. The Bertz CT molecular complexity index is 995. The van der Waals surface area contributed by atoms with Crippen LogP contribution in [-0.4, -0.2) is 78.0 Å². The van der Waals surface area contributed by atoms with Gasteiger partial charge in [0.05, 0.1) is 18.1 Å². The smallest absolute Gasteiger partial charge is 0.134 e. The number of likely N-dealkylation sites (N-methyl/N-ethyl adjacent to an activating group) is 2. The van der Waals surface area contributed by atoms with Crippen molar-refractivity contribution in [2.24, 2.45) is 4.99 Å². The Morgan fingerprint density at radius 1 is 1.26 bits per heavy atom. The molecule has 1 aromatic heterocycles. The molecule has 6 nitrogen and oxygen atoms in total. The monoisotopic (exact) mass is 479 g/mol. The van der Waals surface area contributed by atoms with Crippen molar-refractivity contribution >= 4 is 30.1 Å². The van der Waals surface area contributed by atoms with Crippen molar-refractivity contribution < 1.29 is 4.79 Å². The van der Waals surface area contributed by atoms with Crippen LogP contribution in [0.4, 0.5) is 0 Å². The maximum atomic E-state index is 11.3. The molecule has 0 bridgehead atoms. The normalized spacial score (nSPS) is 13.9. The van der Waals surface area contributed by atoms with Crippen LogP contribution in [-0.2, 0) is 17.8 Å². The third-order valence-electron chi connectivity index (χ3n) is 5.89. The topological polar surface area (TPSA) is 54.9 Å². The lowest BCUT2D eigenvalue weighted by molar-refractivity contribution is -0.108. The van der Waals surface area contributed by atoms with E-state index in [0.717, 1.165) is 68.4 Å². The minimum atomic E-state index is 0.388. The lowest BCUT2D eigenvalue weighted by atomic mass is 10.1. The Morgan fingerprint density at radius 2 is 2.06 bits per heavy atom. The summed E-state index contributed by atoms with van der Waals surface area (Å²) >= 11 is 1.60. The number of carbonyl (C=O) groups is 1. The number of aryl methyl sites for hydroxylation is 1. The molecule has 0 spiro atoms. The Morgan fingerprint density at radius 3 is 2.71 bits per heavy atom. The predicted molar refractivity (Wildman–Crippen MR) is 144 cm³/mol. The van der Waals surface area contributed by atoms with Crippen molar-refractivity contribution in [3.63, 3.8) is 0 Å². The molecule has 7 heteroatoms. The van der Waals surface area contributed by atoms with E-state index < -0.39 is 0 Å². The summed E-state index contributed by atoms with van der Waals surface area (Å²) in [7, 11) is 4.21. The van der Waals surface area contributed by atoms with Crippen molar-refractivity contribution in [3.05, 3.63) is 71.4 Å². The summed E-state index contributed by atoms with van der Waals surface area (Å²) in [6, 6.07) is 10.9. The zero-order valence-corrected chi connectivity index (χ0v) is 21.5. The van der Waals surface area contributed by atoms with Crippen LogP contribution >= 0.6 is 11.9 Å². The van der Waals surface area contributed by atoms with Crippen molar-refractivity contribution in [1.29, 1.82) is 0 Å². The molecule has 0 fully saturated rings. The molecule has 1 aliphatic heterocycles. The minimum absolute atomic E-state index is 0.388. The number of aldehydes is 1. The Balaban J connectivity index is 1.52. The quantitative estimate of drug-likeness (QED) is 0.246. The van der Waals surface area contributed by atoms with Gasteiger partial charge in [-0.15, -0.1) is 0 Å². The van der Waals surface area contributed by atoms with Crippen LogP contribution in [0, 0.1) is 0 Å². The molecule has 1 aliphatic rings. The molecule has 182 valence electrons. The first kappa shape index (κ1) is 26.0. The zero-order chi connectivity index (χ0) is 24.3. The van der Waals surface area contributed by atoms with Gasteiger partial charge in [-0.1, -0.05) is 43.0 Å². The third kappa shape index (κ3) is 7.45. The number of benzene rings is 1. The molecule has 3 rings (SSSR count). The fourth-order valence-corrected chi connectivity index (χ4v) is 4.94. The van der Waals surface area contributed by atoms with Crippen LogP contribution in [0.5, 0.6) is 0 Å². The van der Waals surface area contributed by atoms with Gasteiger partial charge in [-0.3, -0.25) is 4.99 Å². The number of carbonyl (C=O) groups excluding carboxylic acids is 1. The second kappa shape index (κ2) is 13.3. The van der Waals surface area contributed by atoms with Crippen LogP contribution in [0.3, 0.4) is 0 Å². The number of aromatic nitrogens is 1. The van der Waals surface area contributed by atoms with Gasteiger partial charge in [-0.25, -0.2) is 4.31 Å². The number of amidine groups is 1. The van der Waals surface area contributed by atoms with Crippen molar-refractivity contribution in [2.75, 3.05) is 46.8 Å². The van der Waals surface area contributed by atoms with Gasteiger partial charge in [0.2, 0.25) is 0 Å². The fraction of sp³-hybridized carbons (Fsp3) is 0.407. The van der Waals surface area contributed by atoms with E-state index in [1.165, 1.54) is 16.7 Å². The molecule has 0 saturated carbocycles. The molecular formula is C27H37N5OS. The summed E-state index contributed by atoms with van der Waals surface area (Å²) in [6.45, 7) is 10.7. The van der Waals surface area contributed by atoms with Crippen molar-refractivity contribution in [1.82, 2.24) is 19.1 Å². The molecule has 0 unspecified atom stereocenters. The molecule has 0 aliphatic carbocycles. The molecule has 1 N–H and O–H groups in total. The van der Waals surface area contributed by atoms with Crippen LogP contribution in [0.15, 0.2) is 59.1 Å². The molecule has 34 heavy (non-hydrogen) atoms. The zero-order valence-electron chi connectivity index (χ0n) is 20.7. The number of rotatable bonds is 14. The van der Waals surface area contributed by atoms with E-state index in [1.54, 1.807) is 11.9 Å². The third-order valence-corrected chi connectivity index (χ3v) is 6.90. The highest BCUT2D eigenvalue weighted by molar-refractivity contribution is 7.97. The highest BCUT2D eigenvalue weighted by atomic mass is 32.2. The molecule has 0 atom stereocenters. The first-order valence-electron chi connectivity index (χ1n) is 11.9. The summed E-state index contributed by atoms with van der Waals surface area (Å²) in [5, 5.41) is 1.05. The van der Waals surface area contributed by atoms with Crippen LogP contribution in [0.1, 0.15) is 35.7 Å². The maximum absolute atomic E-state index is 11.3. The number of aromatic amines is 1. The maximum Gasteiger partial charge on any atom is 0.134 e. The average Bonchev–Trinajstić information content (AvgIpc) is 3.44. The number of hydrogen-bond acceptors (Lipinski definition) is 6. The van der Waals surface area contributed by atoms with Crippen LogP contribution < -0.4 is 0 Å². The van der Waals surface area contributed by atoms with E-state index >= 15 is 0 Å². The first-order chi connectivity index (χ1) is 16.5. The number of hydrogen-bond donors (Lipinski definition) is 1. The largest absolute Gasteiger partial charge is 0.358 e. The summed E-state index contributed by atoms with van der Waals surface area (Å²) in [6.07, 6.45) is 9.08. The molecular weight excluding hydrogens is 442 g/mol. The number of H-pyrrole nitrogens is 1. The summed E-state index contributed by atoms with van der Waals surface area (Å²) in [5.74, 6) is 1.08. The van der Waals surface area contributed by atoms with Gasteiger partial charge in [-0.05, 0) is 62.0 Å². The van der Waals surface area contributed by atoms with Crippen molar-refractivity contribution in [3.8, 4) is 0 Å². The van der Waals surface area contributed by atoms with Gasteiger partial charge in [-0.2, -0.15) is 0 Å². The minimum Gasteiger partial charge on any atom is -0.358 e. The summed E-state index contributed by atoms with van der Waals surface area (Å²) < 4.78 is 2.11. The lowest BCUT2D eigenvalue weighted by Gasteiger charge is -2.22. The van der Waals surface area contributed by atoms with E-state index in [9.17, 15) is 4.79 Å². The highest BCUT2D eigenvalue weighted by Gasteiger charge is 2.15. The molecule has 2 aromatic rings. The van der Waals surface area contributed by atoms with Gasteiger partial charge in [0.25, 0.3) is 0 Å². The standard InChI is InChI=1S/C27H37N5OS/c1-5-7-8-9-24-20-26(29-25(24)6-2)34-32(18-19-33)17-16-30(3)21-22-10-12-23(13-11-22)27-28-14-15-31(27)4/h5-7,10-13,19-20,29H,2,8-9,14-18,21H2,1,3-4H3/b7-5-. The number of allylic oxidation sites excluding steroid dienone is 2. The average molecular weight is 480 g/mol. The molecule has 2 heterocycles. The Labute approximate surface area is 208 Å². The molecule has 0 radical (unpaired) electrons. The van der Waals surface area contributed by atoms with E-state index in [1.807, 2.05) is 13.0 Å². The second-order valence-electron chi connectivity index (χ2n) is 8.59. The summed E-state index contributed by atoms with van der Waals surface area (Å²) in [4.78, 5) is 23.8. The number of nitrogens with zero attached hydrogens (tertiary/aromatic N) is 4. The predicted octanol–water partition coefficient (Wildman–Crippen LogP) is 4.50. The number of nitrogens with one attached hydrogen (secondary N) is 1. The van der Waals surface area contributed by atoms with Gasteiger partial charge in [0.1, 0.15) is 12.1 Å². The molecule has 1 aromatic carbocycles. The number of aliphatic imine (C=N–C) groups is 1. The van der Waals surface area contributed by atoms with Gasteiger partial charge >= 0.3 is 0 Å². The van der Waals surface area contributed by atoms with E-state index in [4.69, 9.17) is 0 Å². The van der Waals surface area contributed by atoms with E-state index in [2.05, 4.69) is 87.2 Å². The van der Waals surface area contributed by atoms with Crippen LogP contribution in [0.25, 0.3) is 6.08 Å². The lowest BCUT2D eigenvalue weighted by Crippen LogP contribution is -2.30. The SMILES string of the molecule is C=Cc1[nH]c(SN(CC=O)CCN(C)Cc2ccc(C3=NCCN3C)cc2)cc1CC/C=C\C. The Hall–Kier alpha value is -2.61. The summed E-state index contributed by atoms with van der Waals surface area (Å²) in [5.41, 5.74) is 4.77. The highest BCUT2D eigenvalue weighted by Crippen LogP contribution is 2.26.